The van der Waals surface area contributed by atoms with Crippen LogP contribution in [-0.4, -0.2) is 4.57 Å². The number of benzene rings is 2. The molecule has 3 rings (SSSR count). The summed E-state index contributed by atoms with van der Waals surface area (Å²) < 4.78 is 8.28. The maximum absolute atomic E-state index is 6.01. The van der Waals surface area contributed by atoms with E-state index in [2.05, 4.69) is 49.6 Å². The van der Waals surface area contributed by atoms with Gasteiger partial charge in [0, 0.05) is 16.5 Å². The molecule has 114 valence electrons. The molecule has 3 heteroatoms. The predicted molar refractivity (Wildman–Crippen MR) is 92.8 cm³/mol. The third kappa shape index (κ3) is 2.84. The van der Waals surface area contributed by atoms with Crippen molar-refractivity contribution in [3.05, 3.63) is 64.8 Å². The third-order valence-corrected chi connectivity index (χ3v) is 4.08. The largest absolute Gasteiger partial charge is 0.487 e. The maximum atomic E-state index is 6.01. The van der Waals surface area contributed by atoms with Crippen LogP contribution in [0.2, 0.25) is 5.02 Å². The first-order valence-electron chi connectivity index (χ1n) is 7.54. The zero-order valence-corrected chi connectivity index (χ0v) is 13.9. The highest BCUT2D eigenvalue weighted by molar-refractivity contribution is 6.30. The van der Waals surface area contributed by atoms with Crippen molar-refractivity contribution in [2.75, 3.05) is 0 Å². The van der Waals surface area contributed by atoms with Gasteiger partial charge >= 0.3 is 0 Å². The lowest BCUT2D eigenvalue weighted by Crippen LogP contribution is -2.08. The van der Waals surface area contributed by atoms with Gasteiger partial charge in [0.25, 0.3) is 0 Å². The molecular formula is C19H20ClNO. The second-order valence-electron chi connectivity index (χ2n) is 5.86. The number of hydrogen-bond donors (Lipinski definition) is 0. The lowest BCUT2D eigenvalue weighted by Gasteiger charge is -2.16. The van der Waals surface area contributed by atoms with Crippen molar-refractivity contribution in [2.45, 2.75) is 33.4 Å². The number of rotatable bonds is 4. The fourth-order valence-corrected chi connectivity index (χ4v) is 3.12. The Balaban J connectivity index is 1.96. The second kappa shape index (κ2) is 6.05. The molecule has 0 atom stereocenters. The van der Waals surface area contributed by atoms with Crippen LogP contribution < -0.4 is 4.74 Å². The minimum Gasteiger partial charge on any atom is -0.487 e. The standard InChI is InChI=1S/C19H20ClNO/c1-13(2)21-17(10-15-7-4-6-14(3)19(15)21)12-22-18-9-5-8-16(20)11-18/h4-11,13H,12H2,1-3H3. The maximum Gasteiger partial charge on any atom is 0.128 e. The molecule has 0 aliphatic heterocycles. The van der Waals surface area contributed by atoms with Gasteiger partial charge in [-0.2, -0.15) is 0 Å². The zero-order valence-electron chi connectivity index (χ0n) is 13.1. The zero-order chi connectivity index (χ0) is 15.7. The molecule has 0 N–H and O–H groups in total. The molecule has 22 heavy (non-hydrogen) atoms. The van der Waals surface area contributed by atoms with Crippen molar-refractivity contribution >= 4 is 22.5 Å². The Hall–Kier alpha value is -1.93. The molecule has 0 fully saturated rings. The molecule has 0 saturated carbocycles. The van der Waals surface area contributed by atoms with Crippen LogP contribution in [0.5, 0.6) is 5.75 Å². The van der Waals surface area contributed by atoms with Gasteiger partial charge in [0.05, 0.1) is 11.2 Å². The molecule has 0 spiro atoms. The first-order valence-corrected chi connectivity index (χ1v) is 7.92. The molecule has 0 bridgehead atoms. The Kier molecular flexibility index (Phi) is 4.12. The third-order valence-electron chi connectivity index (χ3n) is 3.84. The van der Waals surface area contributed by atoms with Crippen molar-refractivity contribution < 1.29 is 4.74 Å². The summed E-state index contributed by atoms with van der Waals surface area (Å²) in [5.41, 5.74) is 3.77. The first kappa shape index (κ1) is 15.0. The fraction of sp³-hybridized carbons (Fsp3) is 0.263. The summed E-state index contributed by atoms with van der Waals surface area (Å²) in [6.07, 6.45) is 0. The fourth-order valence-electron chi connectivity index (χ4n) is 2.93. The number of para-hydroxylation sites is 1. The van der Waals surface area contributed by atoms with Gasteiger partial charge in [-0.05, 0) is 50.6 Å². The average molecular weight is 314 g/mol. The Labute approximate surface area is 136 Å². The summed E-state index contributed by atoms with van der Waals surface area (Å²) in [6.45, 7) is 7.10. The van der Waals surface area contributed by atoms with E-state index in [0.717, 1.165) is 5.75 Å². The number of ether oxygens (including phenoxy) is 1. The highest BCUT2D eigenvalue weighted by Crippen LogP contribution is 2.28. The number of fused-ring (bicyclic) bond motifs is 1. The summed E-state index contributed by atoms with van der Waals surface area (Å²) in [5.74, 6) is 0.796. The molecule has 0 aliphatic rings. The van der Waals surface area contributed by atoms with E-state index in [1.807, 2.05) is 24.3 Å². The van der Waals surface area contributed by atoms with Crippen LogP contribution in [-0.2, 0) is 6.61 Å². The number of aryl methyl sites for hydroxylation is 1. The first-order chi connectivity index (χ1) is 10.6. The molecule has 3 aromatic rings. The lowest BCUT2D eigenvalue weighted by atomic mass is 10.1. The van der Waals surface area contributed by atoms with Crippen LogP contribution in [0.3, 0.4) is 0 Å². The second-order valence-corrected chi connectivity index (χ2v) is 6.29. The summed E-state index contributed by atoms with van der Waals surface area (Å²) in [7, 11) is 0. The number of hydrogen-bond acceptors (Lipinski definition) is 1. The van der Waals surface area contributed by atoms with E-state index in [-0.39, 0.29) is 0 Å². The van der Waals surface area contributed by atoms with Crippen LogP contribution >= 0.6 is 11.6 Å². The monoisotopic (exact) mass is 313 g/mol. The highest BCUT2D eigenvalue weighted by Gasteiger charge is 2.13. The lowest BCUT2D eigenvalue weighted by molar-refractivity contribution is 0.293. The van der Waals surface area contributed by atoms with Crippen molar-refractivity contribution in [2.24, 2.45) is 0 Å². The molecule has 0 unspecified atom stereocenters. The molecule has 0 saturated heterocycles. The smallest absolute Gasteiger partial charge is 0.128 e. The Morgan fingerprint density at radius 3 is 2.59 bits per heavy atom. The van der Waals surface area contributed by atoms with Crippen molar-refractivity contribution in [1.82, 2.24) is 4.57 Å². The van der Waals surface area contributed by atoms with E-state index >= 15 is 0 Å². The molecule has 2 nitrogen and oxygen atoms in total. The van der Waals surface area contributed by atoms with E-state index < -0.39 is 0 Å². The van der Waals surface area contributed by atoms with Crippen LogP contribution in [0.25, 0.3) is 10.9 Å². The van der Waals surface area contributed by atoms with Gasteiger partial charge in [-0.15, -0.1) is 0 Å². The van der Waals surface area contributed by atoms with E-state index in [1.54, 1.807) is 0 Å². The minimum absolute atomic E-state index is 0.386. The SMILES string of the molecule is Cc1cccc2cc(COc3cccc(Cl)c3)n(C(C)C)c12. The number of nitrogens with zero attached hydrogens (tertiary/aromatic N) is 1. The molecule has 1 aromatic heterocycles. The summed E-state index contributed by atoms with van der Waals surface area (Å²) >= 11 is 6.01. The van der Waals surface area contributed by atoms with Crippen molar-refractivity contribution in [3.8, 4) is 5.75 Å². The quantitative estimate of drug-likeness (QED) is 0.597. The number of aromatic nitrogens is 1. The van der Waals surface area contributed by atoms with Gasteiger partial charge in [0.1, 0.15) is 12.4 Å². The van der Waals surface area contributed by atoms with E-state index in [1.165, 1.54) is 22.2 Å². The molecule has 0 amide bonds. The highest BCUT2D eigenvalue weighted by atomic mass is 35.5. The van der Waals surface area contributed by atoms with E-state index in [4.69, 9.17) is 16.3 Å². The Morgan fingerprint density at radius 1 is 1.09 bits per heavy atom. The summed E-state index contributed by atoms with van der Waals surface area (Å²) in [5, 5.41) is 1.95. The summed E-state index contributed by atoms with van der Waals surface area (Å²) in [6, 6.07) is 16.5. The van der Waals surface area contributed by atoms with Gasteiger partial charge < -0.3 is 9.30 Å². The molecule has 2 aromatic carbocycles. The van der Waals surface area contributed by atoms with Crippen LogP contribution in [0.15, 0.2) is 48.5 Å². The molecular weight excluding hydrogens is 294 g/mol. The normalized spacial score (nSPS) is 11.3. The number of halogens is 1. The van der Waals surface area contributed by atoms with Gasteiger partial charge in [0.2, 0.25) is 0 Å². The van der Waals surface area contributed by atoms with E-state index in [9.17, 15) is 0 Å². The predicted octanol–water partition coefficient (Wildman–Crippen LogP) is 5.76. The minimum atomic E-state index is 0.386. The van der Waals surface area contributed by atoms with Crippen LogP contribution in [0, 0.1) is 6.92 Å². The van der Waals surface area contributed by atoms with Gasteiger partial charge in [0.15, 0.2) is 0 Å². The topological polar surface area (TPSA) is 14.2 Å². The molecule has 1 heterocycles. The summed E-state index contributed by atoms with van der Waals surface area (Å²) in [4.78, 5) is 0. The molecule has 0 aliphatic carbocycles. The Morgan fingerprint density at radius 2 is 1.86 bits per heavy atom. The van der Waals surface area contributed by atoms with Crippen LogP contribution in [0.4, 0.5) is 0 Å². The van der Waals surface area contributed by atoms with Gasteiger partial charge in [-0.3, -0.25) is 0 Å². The van der Waals surface area contributed by atoms with Crippen molar-refractivity contribution in [1.29, 1.82) is 0 Å². The van der Waals surface area contributed by atoms with Gasteiger partial charge in [-0.25, -0.2) is 0 Å². The van der Waals surface area contributed by atoms with Crippen molar-refractivity contribution in [3.63, 3.8) is 0 Å². The van der Waals surface area contributed by atoms with E-state index in [0.29, 0.717) is 17.7 Å². The van der Waals surface area contributed by atoms with Crippen LogP contribution in [0.1, 0.15) is 31.1 Å². The average Bonchev–Trinajstić information content (AvgIpc) is 2.85. The van der Waals surface area contributed by atoms with Gasteiger partial charge in [-0.1, -0.05) is 35.9 Å². The molecule has 0 radical (unpaired) electrons. The Bertz CT molecular complexity index is 804.